The second-order valence-corrected chi connectivity index (χ2v) is 4.19. The van der Waals surface area contributed by atoms with Crippen LogP contribution < -0.4 is 11.0 Å². The quantitative estimate of drug-likeness (QED) is 0.666. The number of hydrogen-bond donors (Lipinski definition) is 2. The maximum absolute atomic E-state index is 11.3. The van der Waals surface area contributed by atoms with E-state index in [0.717, 1.165) is 17.7 Å². The minimum Gasteiger partial charge on any atom is -0.275 e. The summed E-state index contributed by atoms with van der Waals surface area (Å²) in [6.07, 6.45) is 2.18. The van der Waals surface area contributed by atoms with E-state index in [1.807, 2.05) is 37.3 Å². The Hall–Kier alpha value is -2.14. The van der Waals surface area contributed by atoms with E-state index < -0.39 is 5.56 Å². The monoisotopic (exact) mass is 276 g/mol. The maximum atomic E-state index is 11.3. The molecule has 6 heteroatoms. The minimum atomic E-state index is -0.445. The average Bonchev–Trinajstić information content (AvgIpc) is 2.45. The van der Waals surface area contributed by atoms with Crippen molar-refractivity contribution in [1.29, 1.82) is 0 Å². The van der Waals surface area contributed by atoms with E-state index in [1.54, 1.807) is 0 Å². The van der Waals surface area contributed by atoms with Gasteiger partial charge >= 0.3 is 0 Å². The Bertz CT molecular complexity index is 637. The van der Waals surface area contributed by atoms with Gasteiger partial charge < -0.3 is 0 Å². The molecular formula is C13H13ClN4O. The molecule has 5 nitrogen and oxygen atoms in total. The van der Waals surface area contributed by atoms with Crippen LogP contribution in [0, 0.1) is 0 Å². The van der Waals surface area contributed by atoms with Crippen molar-refractivity contribution in [3.63, 3.8) is 0 Å². The van der Waals surface area contributed by atoms with Crippen LogP contribution in [0.4, 0.5) is 5.69 Å². The molecule has 0 aliphatic rings. The second kappa shape index (κ2) is 6.15. The molecule has 0 spiro atoms. The summed E-state index contributed by atoms with van der Waals surface area (Å²) in [6, 6.07) is 9.79. The molecule has 0 amide bonds. The maximum Gasteiger partial charge on any atom is 0.285 e. The molecule has 0 saturated heterocycles. The lowest BCUT2D eigenvalue weighted by Gasteiger charge is -2.06. The highest BCUT2D eigenvalue weighted by Crippen LogP contribution is 2.15. The Morgan fingerprint density at radius 1 is 1.42 bits per heavy atom. The Labute approximate surface area is 115 Å². The van der Waals surface area contributed by atoms with Crippen LogP contribution in [0.2, 0.25) is 5.02 Å². The fraction of sp³-hybridized carbons (Fsp3) is 0.154. The third-order valence-electron chi connectivity index (χ3n) is 2.55. The third kappa shape index (κ3) is 3.20. The Morgan fingerprint density at radius 3 is 2.84 bits per heavy atom. The molecule has 2 rings (SSSR count). The topological polar surface area (TPSA) is 70.1 Å². The number of anilines is 1. The zero-order chi connectivity index (χ0) is 13.7. The number of hydrogen-bond acceptors (Lipinski definition) is 4. The third-order valence-corrected chi connectivity index (χ3v) is 2.92. The summed E-state index contributed by atoms with van der Waals surface area (Å²) in [6.45, 7) is 2.01. The van der Waals surface area contributed by atoms with Crippen molar-refractivity contribution in [3.05, 3.63) is 57.5 Å². The van der Waals surface area contributed by atoms with Gasteiger partial charge in [-0.05, 0) is 12.0 Å². The van der Waals surface area contributed by atoms with E-state index in [9.17, 15) is 4.79 Å². The molecule has 19 heavy (non-hydrogen) atoms. The summed E-state index contributed by atoms with van der Waals surface area (Å²) in [7, 11) is 0. The SMILES string of the molecule is CCC(=NNc1cn[nH]c(=O)c1Cl)c1ccccc1. The number of halogens is 1. The molecule has 1 aromatic carbocycles. The van der Waals surface area contributed by atoms with Gasteiger partial charge in [-0.1, -0.05) is 48.9 Å². The van der Waals surface area contributed by atoms with E-state index in [-0.39, 0.29) is 5.02 Å². The van der Waals surface area contributed by atoms with Crippen molar-refractivity contribution >= 4 is 23.0 Å². The number of H-pyrrole nitrogens is 1. The highest BCUT2D eigenvalue weighted by Gasteiger charge is 2.05. The fourth-order valence-corrected chi connectivity index (χ4v) is 1.70. The predicted octanol–water partition coefficient (Wildman–Crippen LogP) is 2.65. The van der Waals surface area contributed by atoms with Gasteiger partial charge in [-0.3, -0.25) is 10.2 Å². The molecule has 0 atom stereocenters. The summed E-state index contributed by atoms with van der Waals surface area (Å²) >= 11 is 5.85. The molecule has 0 bridgehead atoms. The van der Waals surface area contributed by atoms with Crippen molar-refractivity contribution in [1.82, 2.24) is 10.2 Å². The first-order chi connectivity index (χ1) is 9.22. The standard InChI is InChI=1S/C13H13ClN4O/c1-2-10(9-6-4-3-5-7-9)16-17-11-8-15-18-13(19)12(11)14/h3-8H,2H2,1H3,(H2,17,18,19). The number of nitrogens with zero attached hydrogens (tertiary/aromatic N) is 2. The van der Waals surface area contributed by atoms with Gasteiger partial charge in [-0.15, -0.1) is 0 Å². The van der Waals surface area contributed by atoms with Gasteiger partial charge in [0.2, 0.25) is 0 Å². The molecule has 0 saturated carbocycles. The van der Waals surface area contributed by atoms with Gasteiger partial charge in [-0.25, -0.2) is 5.10 Å². The zero-order valence-corrected chi connectivity index (χ0v) is 11.1. The van der Waals surface area contributed by atoms with Gasteiger partial charge in [0, 0.05) is 0 Å². The summed E-state index contributed by atoms with van der Waals surface area (Å²) in [5.74, 6) is 0. The molecule has 0 fully saturated rings. The Morgan fingerprint density at radius 2 is 2.16 bits per heavy atom. The van der Waals surface area contributed by atoms with E-state index in [1.165, 1.54) is 6.20 Å². The highest BCUT2D eigenvalue weighted by atomic mass is 35.5. The van der Waals surface area contributed by atoms with Crippen LogP contribution in [0.1, 0.15) is 18.9 Å². The van der Waals surface area contributed by atoms with E-state index in [2.05, 4.69) is 20.7 Å². The molecular weight excluding hydrogens is 264 g/mol. The van der Waals surface area contributed by atoms with Crippen molar-refractivity contribution in [3.8, 4) is 0 Å². The van der Waals surface area contributed by atoms with E-state index in [0.29, 0.717) is 5.69 Å². The normalized spacial score (nSPS) is 11.4. The number of rotatable bonds is 4. The molecule has 0 radical (unpaired) electrons. The lowest BCUT2D eigenvalue weighted by atomic mass is 10.1. The van der Waals surface area contributed by atoms with Crippen LogP contribution in [0.15, 0.2) is 46.4 Å². The first-order valence-electron chi connectivity index (χ1n) is 5.83. The molecule has 0 aliphatic heterocycles. The predicted molar refractivity (Wildman–Crippen MR) is 76.8 cm³/mol. The van der Waals surface area contributed by atoms with Crippen LogP contribution in [0.25, 0.3) is 0 Å². The number of nitrogens with one attached hydrogen (secondary N) is 2. The van der Waals surface area contributed by atoms with Crippen molar-refractivity contribution in [2.75, 3.05) is 5.43 Å². The van der Waals surface area contributed by atoms with Gasteiger partial charge in [0.25, 0.3) is 5.56 Å². The molecule has 0 unspecified atom stereocenters. The summed E-state index contributed by atoms with van der Waals surface area (Å²) in [5, 5.41) is 10.2. The minimum absolute atomic E-state index is 0.0438. The summed E-state index contributed by atoms with van der Waals surface area (Å²) in [4.78, 5) is 11.3. The summed E-state index contributed by atoms with van der Waals surface area (Å²) in [5.41, 5.74) is 4.61. The zero-order valence-electron chi connectivity index (χ0n) is 10.4. The molecule has 2 aromatic rings. The van der Waals surface area contributed by atoms with Crippen LogP contribution in [0.3, 0.4) is 0 Å². The Kier molecular flexibility index (Phi) is 4.30. The highest BCUT2D eigenvalue weighted by molar-refractivity contribution is 6.32. The van der Waals surface area contributed by atoms with Crippen LogP contribution in [0.5, 0.6) is 0 Å². The lowest BCUT2D eigenvalue weighted by molar-refractivity contribution is 0.986. The molecule has 1 aromatic heterocycles. The van der Waals surface area contributed by atoms with Crippen molar-refractivity contribution in [2.45, 2.75) is 13.3 Å². The first kappa shape index (κ1) is 13.3. The van der Waals surface area contributed by atoms with Crippen LogP contribution >= 0.6 is 11.6 Å². The number of aromatic nitrogens is 2. The van der Waals surface area contributed by atoms with Crippen molar-refractivity contribution < 1.29 is 0 Å². The summed E-state index contributed by atoms with van der Waals surface area (Å²) < 4.78 is 0. The van der Waals surface area contributed by atoms with Crippen LogP contribution in [-0.2, 0) is 0 Å². The second-order valence-electron chi connectivity index (χ2n) is 3.82. The van der Waals surface area contributed by atoms with E-state index >= 15 is 0 Å². The van der Waals surface area contributed by atoms with E-state index in [4.69, 9.17) is 11.6 Å². The smallest absolute Gasteiger partial charge is 0.275 e. The largest absolute Gasteiger partial charge is 0.285 e. The molecule has 98 valence electrons. The molecule has 1 heterocycles. The average molecular weight is 277 g/mol. The van der Waals surface area contributed by atoms with Gasteiger partial charge in [0.05, 0.1) is 11.9 Å². The fourth-order valence-electron chi connectivity index (χ4n) is 1.57. The lowest BCUT2D eigenvalue weighted by Crippen LogP contribution is -2.11. The first-order valence-corrected chi connectivity index (χ1v) is 6.21. The molecule has 0 aliphatic carbocycles. The van der Waals surface area contributed by atoms with Crippen molar-refractivity contribution in [2.24, 2.45) is 5.10 Å². The van der Waals surface area contributed by atoms with Crippen LogP contribution in [-0.4, -0.2) is 15.9 Å². The Balaban J connectivity index is 2.26. The number of benzene rings is 1. The number of hydrazone groups is 1. The molecule has 2 N–H and O–H groups in total. The van der Waals surface area contributed by atoms with Gasteiger partial charge in [-0.2, -0.15) is 10.2 Å². The van der Waals surface area contributed by atoms with Gasteiger partial charge in [0.15, 0.2) is 0 Å². The number of aromatic amines is 1. The van der Waals surface area contributed by atoms with Gasteiger partial charge in [0.1, 0.15) is 10.7 Å².